The molecule has 94 valence electrons. The lowest BCUT2D eigenvalue weighted by Crippen LogP contribution is -2.32. The smallest absolute Gasteiger partial charge is 0.142 e. The van der Waals surface area contributed by atoms with Crippen molar-refractivity contribution in [3.8, 4) is 0 Å². The molecule has 0 spiro atoms. The monoisotopic (exact) mass is 263 g/mol. The van der Waals surface area contributed by atoms with Gasteiger partial charge in [0.25, 0.3) is 0 Å². The van der Waals surface area contributed by atoms with Crippen LogP contribution in [0, 0.1) is 17.8 Å². The Labute approximate surface area is 106 Å². The van der Waals surface area contributed by atoms with Gasteiger partial charge in [0.05, 0.1) is 0 Å². The van der Waals surface area contributed by atoms with Gasteiger partial charge < -0.3 is 0 Å². The molecule has 0 heterocycles. The van der Waals surface area contributed by atoms with E-state index in [4.69, 9.17) is 20.9 Å². The molecule has 0 aromatic heterocycles. The Bertz CT molecular complexity index is 233. The Morgan fingerprint density at radius 1 is 1.38 bits per heavy atom. The fraction of sp³-hybridized carbons (Fsp3) is 1.00. The summed E-state index contributed by atoms with van der Waals surface area (Å²) in [5, 5.41) is 0. The third-order valence-electron chi connectivity index (χ3n) is 3.42. The van der Waals surface area contributed by atoms with Crippen LogP contribution in [0.4, 0.5) is 0 Å². The molecule has 2 nitrogen and oxygen atoms in total. The quantitative estimate of drug-likeness (QED) is 0.690. The molecule has 1 unspecified atom stereocenters. The summed E-state index contributed by atoms with van der Waals surface area (Å²) >= 11 is 5.22. The lowest BCUT2D eigenvalue weighted by molar-refractivity contribution is 0.0476. The zero-order valence-corrected chi connectivity index (χ0v) is 12.5. The van der Waals surface area contributed by atoms with Crippen LogP contribution in [-0.4, -0.2) is 12.7 Å². The summed E-state index contributed by atoms with van der Waals surface area (Å²) < 4.78 is 11.3. The number of hydrogen-bond donors (Lipinski definition) is 0. The van der Waals surface area contributed by atoms with Gasteiger partial charge in [-0.25, -0.2) is 0 Å². The first-order valence-electron chi connectivity index (χ1n) is 6.31. The normalized spacial score (nSPS) is 31.8. The van der Waals surface area contributed by atoms with Crippen LogP contribution in [0.25, 0.3) is 0 Å². The van der Waals surface area contributed by atoms with E-state index < -0.39 is 7.15 Å². The van der Waals surface area contributed by atoms with E-state index in [-0.39, 0.29) is 0 Å². The lowest BCUT2D eigenvalue weighted by atomic mass is 9.75. The fourth-order valence-corrected chi connectivity index (χ4v) is 3.87. The predicted octanol–water partition coefficient (Wildman–Crippen LogP) is 4.27. The highest BCUT2D eigenvalue weighted by molar-refractivity contribution is 8.00. The van der Waals surface area contributed by atoms with E-state index in [1.807, 2.05) is 6.92 Å². The molecule has 0 aliphatic heterocycles. The van der Waals surface area contributed by atoms with Gasteiger partial charge in [0.1, 0.15) is 12.7 Å². The summed E-state index contributed by atoms with van der Waals surface area (Å²) in [6.07, 6.45) is 4.06. The average molecular weight is 263 g/mol. The van der Waals surface area contributed by atoms with Gasteiger partial charge in [0, 0.05) is 0 Å². The molecule has 4 atom stereocenters. The summed E-state index contributed by atoms with van der Waals surface area (Å²) in [7, 11) is -1.09. The van der Waals surface area contributed by atoms with E-state index in [1.54, 1.807) is 0 Å². The van der Waals surface area contributed by atoms with Crippen LogP contribution in [0.15, 0.2) is 0 Å². The third-order valence-corrected chi connectivity index (χ3v) is 4.90. The Kier molecular flexibility index (Phi) is 6.35. The second-order valence-corrected chi connectivity index (χ2v) is 6.92. The molecule has 1 aliphatic carbocycles. The topological polar surface area (TPSA) is 18.5 Å². The minimum Gasteiger partial charge on any atom is -0.142 e. The molecule has 1 rings (SSSR count). The highest BCUT2D eigenvalue weighted by Gasteiger charge is 2.36. The van der Waals surface area contributed by atoms with Gasteiger partial charge >= 0.3 is 7.15 Å². The molecule has 0 radical (unpaired) electrons. The van der Waals surface area contributed by atoms with E-state index in [0.29, 0.717) is 24.5 Å². The molecule has 0 saturated heterocycles. The molecule has 0 aromatic rings. The lowest BCUT2D eigenvalue weighted by Gasteiger charge is -2.33. The fourth-order valence-electron chi connectivity index (χ4n) is 2.48. The standard InChI is InChI=1S/C12H24O2PS/c1-5-13-15(16)14-12-8-10(4)6-7-11(12)9(2)3/h9-12H,5-8H2,1-4H3/q+1/t10-,11+,12-/m0/s1. The van der Waals surface area contributed by atoms with Crippen molar-refractivity contribution in [1.82, 2.24) is 0 Å². The maximum atomic E-state index is 5.93. The molecule has 0 bridgehead atoms. The van der Waals surface area contributed by atoms with E-state index in [1.165, 1.54) is 12.8 Å². The van der Waals surface area contributed by atoms with Crippen molar-refractivity contribution in [2.24, 2.45) is 17.8 Å². The third kappa shape index (κ3) is 4.37. The molecule has 0 aromatic carbocycles. The average Bonchev–Trinajstić information content (AvgIpc) is 2.17. The second-order valence-electron chi connectivity index (χ2n) is 5.11. The van der Waals surface area contributed by atoms with Gasteiger partial charge in [-0.1, -0.05) is 27.2 Å². The van der Waals surface area contributed by atoms with E-state index in [2.05, 4.69) is 20.8 Å². The maximum Gasteiger partial charge on any atom is 0.521 e. The highest BCUT2D eigenvalue weighted by Crippen LogP contribution is 2.40. The van der Waals surface area contributed by atoms with Crippen LogP contribution < -0.4 is 0 Å². The summed E-state index contributed by atoms with van der Waals surface area (Å²) in [6.45, 7) is 9.49. The van der Waals surface area contributed by atoms with Gasteiger partial charge in [-0.2, -0.15) is 0 Å². The Balaban J connectivity index is 2.54. The van der Waals surface area contributed by atoms with Gasteiger partial charge in [-0.3, -0.25) is 0 Å². The van der Waals surface area contributed by atoms with Crippen LogP contribution in [0.1, 0.15) is 47.0 Å². The highest BCUT2D eigenvalue weighted by atomic mass is 32.4. The number of rotatable bonds is 5. The molecular weight excluding hydrogens is 239 g/mol. The van der Waals surface area contributed by atoms with Crippen molar-refractivity contribution in [2.45, 2.75) is 53.1 Å². The maximum absolute atomic E-state index is 5.93. The van der Waals surface area contributed by atoms with Gasteiger partial charge in [0.2, 0.25) is 11.8 Å². The van der Waals surface area contributed by atoms with Crippen molar-refractivity contribution in [1.29, 1.82) is 0 Å². The summed E-state index contributed by atoms with van der Waals surface area (Å²) in [4.78, 5) is 0. The zero-order chi connectivity index (χ0) is 12.1. The summed E-state index contributed by atoms with van der Waals surface area (Å²) in [5.41, 5.74) is 0. The molecule has 0 amide bonds. The second kappa shape index (κ2) is 7.00. The zero-order valence-electron chi connectivity index (χ0n) is 10.8. The van der Waals surface area contributed by atoms with Crippen molar-refractivity contribution in [3.63, 3.8) is 0 Å². The first kappa shape index (κ1) is 14.5. The van der Waals surface area contributed by atoms with E-state index in [0.717, 1.165) is 12.3 Å². The van der Waals surface area contributed by atoms with Crippen molar-refractivity contribution in [2.75, 3.05) is 6.61 Å². The van der Waals surface area contributed by atoms with Gasteiger partial charge in [-0.05, 0) is 37.5 Å². The Morgan fingerprint density at radius 3 is 2.62 bits per heavy atom. The molecule has 0 N–H and O–H groups in total. The molecule has 1 fully saturated rings. The van der Waals surface area contributed by atoms with Crippen molar-refractivity contribution in [3.05, 3.63) is 0 Å². The minimum absolute atomic E-state index is 0.318. The van der Waals surface area contributed by atoms with Crippen LogP contribution >= 0.6 is 7.15 Å². The number of hydrogen-bond acceptors (Lipinski definition) is 3. The largest absolute Gasteiger partial charge is 0.521 e. The first-order chi connectivity index (χ1) is 7.54. The van der Waals surface area contributed by atoms with Crippen LogP contribution in [0.5, 0.6) is 0 Å². The molecule has 1 saturated carbocycles. The Hall–Kier alpha value is 0.440. The Morgan fingerprint density at radius 2 is 2.06 bits per heavy atom. The van der Waals surface area contributed by atoms with Crippen LogP contribution in [0.3, 0.4) is 0 Å². The van der Waals surface area contributed by atoms with E-state index >= 15 is 0 Å². The van der Waals surface area contributed by atoms with E-state index in [9.17, 15) is 0 Å². The van der Waals surface area contributed by atoms with Crippen molar-refractivity contribution >= 4 is 19.0 Å². The molecule has 16 heavy (non-hydrogen) atoms. The van der Waals surface area contributed by atoms with Crippen molar-refractivity contribution < 1.29 is 9.05 Å². The first-order valence-corrected chi connectivity index (χ1v) is 8.50. The summed E-state index contributed by atoms with van der Waals surface area (Å²) in [6, 6.07) is 0. The minimum atomic E-state index is -1.09. The van der Waals surface area contributed by atoms with Gasteiger partial charge in [0.15, 0.2) is 0 Å². The SMILES string of the molecule is CCO[P+](=S)O[C@H]1C[C@@H](C)CC[C@@H]1C(C)C. The van der Waals surface area contributed by atoms with Crippen LogP contribution in [-0.2, 0) is 20.9 Å². The molecule has 4 heteroatoms. The predicted molar refractivity (Wildman–Crippen MR) is 72.1 cm³/mol. The van der Waals surface area contributed by atoms with Gasteiger partial charge in [-0.15, -0.1) is 9.05 Å². The summed E-state index contributed by atoms with van der Waals surface area (Å²) in [5.74, 6) is 2.10. The molecule has 1 aliphatic rings. The molecular formula is C12H24O2PS+. The van der Waals surface area contributed by atoms with Crippen LogP contribution in [0.2, 0.25) is 0 Å².